The highest BCUT2D eigenvalue weighted by Gasteiger charge is 2.11. The Kier molecular flexibility index (Phi) is 4.02. The lowest BCUT2D eigenvalue weighted by molar-refractivity contribution is -0.906. The van der Waals surface area contributed by atoms with Gasteiger partial charge in [-0.15, -0.1) is 0 Å². The molecular formula is C14H16NO3+. The Morgan fingerprint density at radius 2 is 1.89 bits per heavy atom. The molecule has 1 aromatic heterocycles. The third-order valence-corrected chi connectivity index (χ3v) is 2.58. The van der Waals surface area contributed by atoms with Crippen LogP contribution in [0.2, 0.25) is 0 Å². The lowest BCUT2D eigenvalue weighted by Crippen LogP contribution is -2.31. The van der Waals surface area contributed by atoms with Crippen molar-refractivity contribution in [3.63, 3.8) is 0 Å². The molecular weight excluding hydrogens is 230 g/mol. The van der Waals surface area contributed by atoms with Gasteiger partial charge in [0.2, 0.25) is 0 Å². The number of benzene rings is 1. The lowest BCUT2D eigenvalue weighted by atomic mass is 10.2. The predicted molar refractivity (Wildman–Crippen MR) is 66.0 cm³/mol. The first kappa shape index (κ1) is 12.2. The molecule has 4 nitrogen and oxygen atoms in total. The summed E-state index contributed by atoms with van der Waals surface area (Å²) in [5.41, 5.74) is 1.22. The molecule has 4 heteroatoms. The van der Waals surface area contributed by atoms with E-state index in [9.17, 15) is 5.21 Å². The van der Waals surface area contributed by atoms with E-state index in [1.54, 1.807) is 12.1 Å². The largest absolute Gasteiger partial charge is 0.487 e. The molecule has 0 atom stereocenters. The molecule has 0 amide bonds. The molecule has 1 heterocycles. The van der Waals surface area contributed by atoms with Crippen molar-refractivity contribution in [2.24, 2.45) is 0 Å². The summed E-state index contributed by atoms with van der Waals surface area (Å²) in [5.74, 6) is 0.972. The summed E-state index contributed by atoms with van der Waals surface area (Å²) >= 11 is 0. The van der Waals surface area contributed by atoms with Gasteiger partial charge in [0.1, 0.15) is 0 Å². The highest BCUT2D eigenvalue weighted by atomic mass is 16.5. The van der Waals surface area contributed by atoms with E-state index in [1.807, 2.05) is 18.2 Å². The molecule has 1 aromatic carbocycles. The molecule has 0 radical (unpaired) electrons. The second-order valence-electron chi connectivity index (χ2n) is 3.84. The van der Waals surface area contributed by atoms with Gasteiger partial charge in [-0.1, -0.05) is 30.3 Å². The monoisotopic (exact) mass is 246 g/mol. The van der Waals surface area contributed by atoms with Gasteiger partial charge in [0.25, 0.3) is 6.20 Å². The average molecular weight is 246 g/mol. The van der Waals surface area contributed by atoms with Gasteiger partial charge in [-0.3, -0.25) is 5.21 Å². The standard InChI is InChI=1S/C14H16NO3/c1-17-14-8-7-13(11-15(14)16)18-10-9-12-5-3-2-4-6-12/h2-8,11,16H,9-10H2,1H3/q+1. The second-order valence-corrected chi connectivity index (χ2v) is 3.84. The molecule has 2 aromatic rings. The van der Waals surface area contributed by atoms with Crippen molar-refractivity contribution in [1.82, 2.24) is 0 Å². The van der Waals surface area contributed by atoms with Gasteiger partial charge < -0.3 is 9.47 Å². The molecule has 0 saturated carbocycles. The number of hydrogen-bond donors (Lipinski definition) is 1. The first-order valence-corrected chi connectivity index (χ1v) is 5.75. The zero-order chi connectivity index (χ0) is 12.8. The molecule has 0 aliphatic carbocycles. The number of ether oxygens (including phenoxy) is 2. The van der Waals surface area contributed by atoms with Gasteiger partial charge in [0, 0.05) is 11.2 Å². The zero-order valence-corrected chi connectivity index (χ0v) is 10.2. The molecule has 0 unspecified atom stereocenters. The van der Waals surface area contributed by atoms with E-state index in [-0.39, 0.29) is 0 Å². The molecule has 18 heavy (non-hydrogen) atoms. The van der Waals surface area contributed by atoms with Crippen LogP contribution < -0.4 is 14.2 Å². The van der Waals surface area contributed by atoms with Gasteiger partial charge >= 0.3 is 5.88 Å². The first-order valence-electron chi connectivity index (χ1n) is 5.75. The summed E-state index contributed by atoms with van der Waals surface area (Å²) in [6, 6.07) is 13.5. The maximum absolute atomic E-state index is 9.52. The zero-order valence-electron chi connectivity index (χ0n) is 10.2. The number of aromatic nitrogens is 1. The van der Waals surface area contributed by atoms with Crippen LogP contribution in [0.4, 0.5) is 0 Å². The van der Waals surface area contributed by atoms with Crippen molar-refractivity contribution in [2.45, 2.75) is 6.42 Å². The van der Waals surface area contributed by atoms with Crippen LogP contribution in [0.5, 0.6) is 11.6 Å². The Hall–Kier alpha value is -2.23. The summed E-state index contributed by atoms with van der Waals surface area (Å²) in [6.07, 6.45) is 2.31. The van der Waals surface area contributed by atoms with Crippen molar-refractivity contribution in [1.29, 1.82) is 0 Å². The molecule has 2 rings (SSSR count). The van der Waals surface area contributed by atoms with Crippen molar-refractivity contribution in [3.05, 3.63) is 54.2 Å². The Bertz CT molecular complexity index is 500. The van der Waals surface area contributed by atoms with E-state index < -0.39 is 0 Å². The second kappa shape index (κ2) is 5.91. The van der Waals surface area contributed by atoms with Crippen LogP contribution in [0.3, 0.4) is 0 Å². The van der Waals surface area contributed by atoms with E-state index >= 15 is 0 Å². The van der Waals surface area contributed by atoms with Crippen LogP contribution in [0.1, 0.15) is 5.56 Å². The summed E-state index contributed by atoms with van der Waals surface area (Å²) < 4.78 is 11.4. The molecule has 94 valence electrons. The van der Waals surface area contributed by atoms with E-state index in [1.165, 1.54) is 18.9 Å². The average Bonchev–Trinajstić information content (AvgIpc) is 2.40. The number of methoxy groups -OCH3 is 1. The van der Waals surface area contributed by atoms with Crippen LogP contribution in [-0.2, 0) is 6.42 Å². The van der Waals surface area contributed by atoms with E-state index in [0.29, 0.717) is 18.2 Å². The van der Waals surface area contributed by atoms with Crippen LogP contribution in [0, 0.1) is 0 Å². The summed E-state index contributed by atoms with van der Waals surface area (Å²) in [5, 5.41) is 9.52. The Labute approximate surface area is 106 Å². The highest BCUT2D eigenvalue weighted by Crippen LogP contribution is 2.11. The third-order valence-electron chi connectivity index (χ3n) is 2.58. The maximum Gasteiger partial charge on any atom is 0.416 e. The fourth-order valence-electron chi connectivity index (χ4n) is 1.64. The normalized spacial score (nSPS) is 10.1. The van der Waals surface area contributed by atoms with Crippen LogP contribution in [-0.4, -0.2) is 18.9 Å². The lowest BCUT2D eigenvalue weighted by Gasteiger charge is -2.04. The predicted octanol–water partition coefficient (Wildman–Crippen LogP) is 1.84. The molecule has 0 fully saturated rings. The summed E-state index contributed by atoms with van der Waals surface area (Å²) in [6.45, 7) is 0.566. The molecule has 0 bridgehead atoms. The van der Waals surface area contributed by atoms with Crippen molar-refractivity contribution < 1.29 is 19.4 Å². The number of rotatable bonds is 5. The molecule has 0 saturated heterocycles. The summed E-state index contributed by atoms with van der Waals surface area (Å²) in [7, 11) is 1.50. The van der Waals surface area contributed by atoms with Crippen molar-refractivity contribution in [3.8, 4) is 11.6 Å². The fraction of sp³-hybridized carbons (Fsp3) is 0.214. The number of pyridine rings is 1. The van der Waals surface area contributed by atoms with Gasteiger partial charge in [-0.05, 0) is 11.6 Å². The van der Waals surface area contributed by atoms with Gasteiger partial charge in [0.05, 0.1) is 19.8 Å². The van der Waals surface area contributed by atoms with Gasteiger partial charge in [-0.25, -0.2) is 0 Å². The highest BCUT2D eigenvalue weighted by molar-refractivity contribution is 5.19. The Balaban J connectivity index is 1.89. The van der Waals surface area contributed by atoms with E-state index in [2.05, 4.69) is 12.1 Å². The quantitative estimate of drug-likeness (QED) is 0.646. The smallest absolute Gasteiger partial charge is 0.416 e. The maximum atomic E-state index is 9.52. The van der Waals surface area contributed by atoms with E-state index in [0.717, 1.165) is 11.2 Å². The van der Waals surface area contributed by atoms with Crippen LogP contribution in [0.25, 0.3) is 0 Å². The fourth-order valence-corrected chi connectivity index (χ4v) is 1.64. The van der Waals surface area contributed by atoms with E-state index in [4.69, 9.17) is 9.47 Å². The topological polar surface area (TPSA) is 42.6 Å². The minimum absolute atomic E-state index is 0.366. The molecule has 0 aliphatic heterocycles. The number of hydrogen-bond acceptors (Lipinski definition) is 3. The Morgan fingerprint density at radius 3 is 2.56 bits per heavy atom. The minimum atomic E-state index is 0.366. The molecule has 1 N–H and O–H groups in total. The third kappa shape index (κ3) is 3.13. The summed E-state index contributed by atoms with van der Waals surface area (Å²) in [4.78, 5) is 0. The van der Waals surface area contributed by atoms with Gasteiger partial charge in [-0.2, -0.15) is 0 Å². The van der Waals surface area contributed by atoms with Crippen LogP contribution in [0.15, 0.2) is 48.7 Å². The number of nitrogens with zero attached hydrogens (tertiary/aromatic N) is 1. The van der Waals surface area contributed by atoms with Crippen molar-refractivity contribution >= 4 is 0 Å². The Morgan fingerprint density at radius 1 is 1.11 bits per heavy atom. The van der Waals surface area contributed by atoms with Gasteiger partial charge in [0.15, 0.2) is 5.75 Å². The SMILES string of the molecule is COc1ccc(OCCc2ccccc2)c[n+]1O. The molecule has 0 aliphatic rings. The van der Waals surface area contributed by atoms with Crippen molar-refractivity contribution in [2.75, 3.05) is 13.7 Å². The van der Waals surface area contributed by atoms with Crippen LogP contribution >= 0.6 is 0 Å². The molecule has 0 spiro atoms. The first-order chi connectivity index (χ1) is 8.79. The minimum Gasteiger partial charge on any atom is -0.487 e.